The minimum absolute atomic E-state index is 0.137. The van der Waals surface area contributed by atoms with E-state index in [0.29, 0.717) is 23.5 Å². The molecule has 1 aromatic heterocycles. The summed E-state index contributed by atoms with van der Waals surface area (Å²) in [4.78, 5) is 31.5. The van der Waals surface area contributed by atoms with Crippen molar-refractivity contribution in [3.8, 4) is 0 Å². The lowest BCUT2D eigenvalue weighted by atomic mass is 10.0. The predicted molar refractivity (Wildman–Crippen MR) is 171 cm³/mol. The van der Waals surface area contributed by atoms with E-state index in [1.54, 1.807) is 6.92 Å². The molecule has 0 unspecified atom stereocenters. The van der Waals surface area contributed by atoms with Crippen LogP contribution in [-0.4, -0.2) is 55.3 Å². The van der Waals surface area contributed by atoms with Crippen molar-refractivity contribution in [1.82, 2.24) is 10.3 Å². The highest BCUT2D eigenvalue weighted by Crippen LogP contribution is 2.37. The zero-order valence-corrected chi connectivity index (χ0v) is 27.0. The van der Waals surface area contributed by atoms with E-state index in [-0.39, 0.29) is 22.1 Å². The Morgan fingerprint density at radius 1 is 1.07 bits per heavy atom. The van der Waals surface area contributed by atoms with Gasteiger partial charge >= 0.3 is 0 Å². The molecule has 1 atom stereocenters. The van der Waals surface area contributed by atoms with Gasteiger partial charge in [-0.3, -0.25) is 9.59 Å². The van der Waals surface area contributed by atoms with E-state index >= 15 is 0 Å². The van der Waals surface area contributed by atoms with Crippen LogP contribution < -0.4 is 20.6 Å². The summed E-state index contributed by atoms with van der Waals surface area (Å²) in [6, 6.07) is 21.0. The SMILES string of the molecule is CC(=O)SC1CN(c2nc(C(=O)N[C@H](CO[Si](c3ccccc3)(c3ccccc3)C(C)(C)C)CC(C)C)cs2)C1. The molecule has 0 radical (unpaired) electrons. The van der Waals surface area contributed by atoms with Gasteiger partial charge in [0.1, 0.15) is 5.69 Å². The van der Waals surface area contributed by atoms with Crippen LogP contribution in [0.4, 0.5) is 5.13 Å². The molecule has 0 saturated carbocycles. The molecule has 0 spiro atoms. The quantitative estimate of drug-likeness (QED) is 0.302. The first-order valence-electron chi connectivity index (χ1n) is 13.9. The Morgan fingerprint density at radius 3 is 2.15 bits per heavy atom. The summed E-state index contributed by atoms with van der Waals surface area (Å²) in [5.41, 5.74) is 0.432. The average molecular weight is 596 g/mol. The largest absolute Gasteiger partial charge is 0.405 e. The molecule has 1 aliphatic heterocycles. The molecule has 9 heteroatoms. The van der Waals surface area contributed by atoms with Crippen molar-refractivity contribution in [2.45, 2.75) is 64.3 Å². The van der Waals surface area contributed by atoms with Crippen molar-refractivity contribution in [3.63, 3.8) is 0 Å². The van der Waals surface area contributed by atoms with Gasteiger partial charge in [-0.05, 0) is 27.8 Å². The fraction of sp³-hybridized carbons (Fsp3) is 0.452. The van der Waals surface area contributed by atoms with Gasteiger partial charge in [-0.2, -0.15) is 0 Å². The molecule has 4 rings (SSSR count). The van der Waals surface area contributed by atoms with Crippen molar-refractivity contribution in [2.24, 2.45) is 5.92 Å². The van der Waals surface area contributed by atoms with Gasteiger partial charge in [-0.15, -0.1) is 11.3 Å². The second-order valence-electron chi connectivity index (χ2n) is 11.9. The van der Waals surface area contributed by atoms with Gasteiger partial charge in [0.25, 0.3) is 14.2 Å². The number of rotatable bonds is 11. The number of aromatic nitrogens is 1. The number of benzene rings is 2. The van der Waals surface area contributed by atoms with E-state index in [2.05, 4.69) is 98.4 Å². The minimum Gasteiger partial charge on any atom is -0.405 e. The van der Waals surface area contributed by atoms with E-state index in [9.17, 15) is 9.59 Å². The Labute approximate surface area is 248 Å². The van der Waals surface area contributed by atoms with Gasteiger partial charge < -0.3 is 14.6 Å². The van der Waals surface area contributed by atoms with Crippen LogP contribution in [0.25, 0.3) is 0 Å². The van der Waals surface area contributed by atoms with Crippen LogP contribution in [0, 0.1) is 5.92 Å². The molecule has 1 amide bonds. The fourth-order valence-electron chi connectivity index (χ4n) is 5.40. The van der Waals surface area contributed by atoms with Crippen LogP contribution in [0.15, 0.2) is 66.0 Å². The first-order chi connectivity index (χ1) is 19.0. The highest BCUT2D eigenvalue weighted by Gasteiger charge is 2.50. The van der Waals surface area contributed by atoms with Gasteiger partial charge in [0, 0.05) is 30.6 Å². The number of carbonyl (C=O) groups excluding carboxylic acids is 2. The standard InChI is InChI=1S/C31H41N3O3S2Si/c1-22(2)17-24(32-29(36)28-21-38-30(33-28)34-18-25(19-34)39-23(3)35)20-37-40(31(4,5)6,26-13-9-7-10-14-26)27-15-11-8-12-16-27/h7-16,21-22,24-25H,17-20H2,1-6H3,(H,32,36)/t24-/m0/s1. The Balaban J connectivity index is 1.53. The molecule has 1 N–H and O–H groups in total. The topological polar surface area (TPSA) is 71.5 Å². The third kappa shape index (κ3) is 7.05. The molecule has 40 heavy (non-hydrogen) atoms. The van der Waals surface area contributed by atoms with Crippen LogP contribution in [0.3, 0.4) is 0 Å². The normalized spacial score (nSPS) is 15.1. The van der Waals surface area contributed by atoms with Gasteiger partial charge in [0.2, 0.25) is 0 Å². The summed E-state index contributed by atoms with van der Waals surface area (Å²) in [5, 5.41) is 8.65. The van der Waals surface area contributed by atoms with Crippen LogP contribution in [-0.2, 0) is 9.22 Å². The summed E-state index contributed by atoms with van der Waals surface area (Å²) in [5.74, 6) is 0.213. The minimum atomic E-state index is -2.72. The van der Waals surface area contributed by atoms with Gasteiger partial charge in [-0.1, -0.05) is 107 Å². The number of nitrogens with one attached hydrogen (secondary N) is 1. The van der Waals surface area contributed by atoms with Crippen LogP contribution in [0.1, 0.15) is 58.5 Å². The van der Waals surface area contributed by atoms with Crippen molar-refractivity contribution in [2.75, 3.05) is 24.6 Å². The van der Waals surface area contributed by atoms with E-state index in [0.717, 1.165) is 24.6 Å². The second-order valence-corrected chi connectivity index (χ2v) is 18.5. The van der Waals surface area contributed by atoms with Crippen LogP contribution in [0.2, 0.25) is 5.04 Å². The maximum absolute atomic E-state index is 13.4. The molecule has 3 aromatic rings. The first-order valence-corrected chi connectivity index (χ1v) is 17.6. The monoisotopic (exact) mass is 595 g/mol. The maximum Gasteiger partial charge on any atom is 0.271 e. The van der Waals surface area contributed by atoms with Crippen LogP contribution >= 0.6 is 23.1 Å². The molecule has 2 aromatic carbocycles. The highest BCUT2D eigenvalue weighted by molar-refractivity contribution is 8.14. The van der Waals surface area contributed by atoms with E-state index in [4.69, 9.17) is 4.43 Å². The van der Waals surface area contributed by atoms with Crippen molar-refractivity contribution in [1.29, 1.82) is 0 Å². The number of anilines is 1. The lowest BCUT2D eigenvalue weighted by molar-refractivity contribution is -0.109. The third-order valence-corrected chi connectivity index (χ3v) is 14.1. The average Bonchev–Trinajstić information content (AvgIpc) is 3.36. The smallest absolute Gasteiger partial charge is 0.271 e. The lowest BCUT2D eigenvalue weighted by Gasteiger charge is -2.43. The Hall–Kier alpha value is -2.46. The zero-order chi connectivity index (χ0) is 28.9. The molecule has 214 valence electrons. The number of amides is 1. The maximum atomic E-state index is 13.4. The molecule has 2 heterocycles. The predicted octanol–water partition coefficient (Wildman–Crippen LogP) is 5.33. The second kappa shape index (κ2) is 13.0. The summed E-state index contributed by atoms with van der Waals surface area (Å²) in [6.07, 6.45) is 0.803. The summed E-state index contributed by atoms with van der Waals surface area (Å²) in [7, 11) is -2.72. The third-order valence-electron chi connectivity index (χ3n) is 7.18. The lowest BCUT2D eigenvalue weighted by Crippen LogP contribution is -2.67. The van der Waals surface area contributed by atoms with Gasteiger partial charge in [0.05, 0.1) is 12.6 Å². The van der Waals surface area contributed by atoms with Crippen molar-refractivity contribution in [3.05, 3.63) is 71.7 Å². The number of hydrogen-bond donors (Lipinski definition) is 1. The molecular formula is C31H41N3O3S2Si. The van der Waals surface area contributed by atoms with Crippen LogP contribution in [0.5, 0.6) is 0 Å². The summed E-state index contributed by atoms with van der Waals surface area (Å²) < 4.78 is 7.15. The van der Waals surface area contributed by atoms with Crippen molar-refractivity contribution < 1.29 is 14.0 Å². The molecule has 1 aliphatic rings. The number of nitrogens with zero attached hydrogens (tertiary/aromatic N) is 2. The number of hydrogen-bond acceptors (Lipinski definition) is 7. The molecule has 0 aliphatic carbocycles. The summed E-state index contributed by atoms with van der Waals surface area (Å²) >= 11 is 2.85. The van der Waals surface area contributed by atoms with Crippen molar-refractivity contribution >= 4 is 57.9 Å². The van der Waals surface area contributed by atoms with E-state index in [1.807, 2.05) is 17.5 Å². The van der Waals surface area contributed by atoms with Gasteiger partial charge in [-0.25, -0.2) is 4.98 Å². The fourth-order valence-corrected chi connectivity index (χ4v) is 11.8. The number of thiazole rings is 1. The molecular weight excluding hydrogens is 555 g/mol. The Bertz CT molecular complexity index is 1230. The highest BCUT2D eigenvalue weighted by atomic mass is 32.2. The van der Waals surface area contributed by atoms with E-state index in [1.165, 1.54) is 33.5 Å². The molecule has 1 saturated heterocycles. The Morgan fingerprint density at radius 2 is 1.65 bits per heavy atom. The first kappa shape index (κ1) is 30.5. The van der Waals surface area contributed by atoms with E-state index < -0.39 is 8.32 Å². The molecule has 1 fully saturated rings. The molecule has 6 nitrogen and oxygen atoms in total. The Kier molecular flexibility index (Phi) is 9.92. The molecule has 0 bridgehead atoms. The van der Waals surface area contributed by atoms with Gasteiger partial charge in [0.15, 0.2) is 10.2 Å². The number of carbonyl (C=O) groups is 2. The zero-order valence-electron chi connectivity index (χ0n) is 24.3. The number of thioether (sulfide) groups is 1. The summed E-state index contributed by atoms with van der Waals surface area (Å²) in [6.45, 7) is 14.7.